The fraction of sp³-hybridized carbons (Fsp3) is 0.231. The van der Waals surface area contributed by atoms with Gasteiger partial charge in [0.25, 0.3) is 21.4 Å². The molecule has 3 aromatic rings. The van der Waals surface area contributed by atoms with Crippen LogP contribution in [-0.2, 0) is 26.2 Å². The average molecular weight is 579 g/mol. The van der Waals surface area contributed by atoms with E-state index in [2.05, 4.69) is 5.32 Å². The van der Waals surface area contributed by atoms with Crippen LogP contribution in [0.4, 0.5) is 23.7 Å². The Morgan fingerprint density at radius 3 is 2.02 bits per heavy atom. The SMILES string of the molecule is CC(C)C(NC(=O)Cn1c(-c2ccccc2)ccc(NC(=O)NS(=O)(=O)c2ccccc2)c1=O)C(=O)C(F)(F)F. The van der Waals surface area contributed by atoms with Crippen molar-refractivity contribution in [3.8, 4) is 11.3 Å². The number of carbonyl (C=O) groups excluding carboxylic acids is 3. The van der Waals surface area contributed by atoms with E-state index in [9.17, 15) is 40.8 Å². The molecule has 2 aromatic carbocycles. The smallest absolute Gasteiger partial charge is 0.344 e. The Labute approximate surface area is 227 Å². The van der Waals surface area contributed by atoms with Crippen molar-refractivity contribution in [2.24, 2.45) is 5.92 Å². The molecule has 3 N–H and O–H groups in total. The number of Topliss-reactive ketones (excluding diaryl/α,β-unsaturated/α-hetero) is 1. The highest BCUT2D eigenvalue weighted by atomic mass is 32.2. The third kappa shape index (κ3) is 7.34. The van der Waals surface area contributed by atoms with E-state index in [0.29, 0.717) is 5.56 Å². The molecule has 0 saturated carbocycles. The third-order valence-electron chi connectivity index (χ3n) is 5.62. The van der Waals surface area contributed by atoms with Gasteiger partial charge in [-0.15, -0.1) is 0 Å². The van der Waals surface area contributed by atoms with E-state index in [1.54, 1.807) is 41.1 Å². The van der Waals surface area contributed by atoms with E-state index in [1.165, 1.54) is 50.2 Å². The molecule has 0 fully saturated rings. The number of nitrogens with zero attached hydrogens (tertiary/aromatic N) is 1. The number of anilines is 1. The van der Waals surface area contributed by atoms with Gasteiger partial charge >= 0.3 is 12.2 Å². The minimum Gasteiger partial charge on any atom is -0.344 e. The van der Waals surface area contributed by atoms with Crippen molar-refractivity contribution >= 4 is 33.4 Å². The molecule has 1 atom stereocenters. The second-order valence-electron chi connectivity index (χ2n) is 8.91. The van der Waals surface area contributed by atoms with Crippen LogP contribution < -0.4 is 20.9 Å². The summed E-state index contributed by atoms with van der Waals surface area (Å²) in [5.41, 5.74) is -0.735. The van der Waals surface area contributed by atoms with Crippen LogP contribution >= 0.6 is 0 Å². The van der Waals surface area contributed by atoms with Crippen LogP contribution in [0, 0.1) is 5.92 Å². The van der Waals surface area contributed by atoms with Gasteiger partial charge in [0.15, 0.2) is 0 Å². The van der Waals surface area contributed by atoms with Crippen LogP contribution in [-0.4, -0.2) is 42.9 Å². The maximum Gasteiger partial charge on any atom is 0.452 e. The maximum absolute atomic E-state index is 13.3. The van der Waals surface area contributed by atoms with E-state index < -0.39 is 63.7 Å². The maximum atomic E-state index is 13.3. The molecule has 0 spiro atoms. The van der Waals surface area contributed by atoms with E-state index in [0.717, 1.165) is 4.57 Å². The molecule has 3 rings (SSSR count). The van der Waals surface area contributed by atoms with Crippen LogP contribution in [0.25, 0.3) is 11.3 Å². The molecule has 0 radical (unpaired) electrons. The first-order valence-corrected chi connectivity index (χ1v) is 13.3. The van der Waals surface area contributed by atoms with Gasteiger partial charge in [-0.2, -0.15) is 13.2 Å². The van der Waals surface area contributed by atoms with E-state index in [1.807, 2.05) is 5.32 Å². The van der Waals surface area contributed by atoms with Crippen molar-refractivity contribution in [2.45, 2.75) is 37.5 Å². The predicted octanol–water partition coefficient (Wildman–Crippen LogP) is 3.30. The number of halogens is 3. The summed E-state index contributed by atoms with van der Waals surface area (Å²) in [6, 6.07) is 14.6. The summed E-state index contributed by atoms with van der Waals surface area (Å²) < 4.78 is 66.7. The van der Waals surface area contributed by atoms with Crippen LogP contribution in [0.3, 0.4) is 0 Å². The standard InChI is InChI=1S/C26H25F3N4O6S/c1-16(2)22(23(35)26(27,28)29)31-21(34)15-33-20(17-9-5-3-6-10-17)14-13-19(24(33)36)30-25(37)32-40(38,39)18-11-7-4-8-12-18/h3-14,16,22H,15H2,1-2H3,(H,31,34)(H2,30,32,37). The molecule has 10 nitrogen and oxygen atoms in total. The molecule has 0 saturated heterocycles. The first-order chi connectivity index (χ1) is 18.7. The number of hydrogen-bond donors (Lipinski definition) is 3. The predicted molar refractivity (Wildman–Crippen MR) is 140 cm³/mol. The lowest BCUT2D eigenvalue weighted by Gasteiger charge is -2.23. The highest BCUT2D eigenvalue weighted by Crippen LogP contribution is 2.22. The molecule has 0 aliphatic carbocycles. The lowest BCUT2D eigenvalue weighted by atomic mass is 9.99. The minimum absolute atomic E-state index is 0.173. The third-order valence-corrected chi connectivity index (χ3v) is 6.97. The number of pyridine rings is 1. The zero-order chi connectivity index (χ0) is 29.7. The van der Waals surface area contributed by atoms with E-state index in [-0.39, 0.29) is 10.6 Å². The zero-order valence-corrected chi connectivity index (χ0v) is 22.0. The molecule has 40 heavy (non-hydrogen) atoms. The van der Waals surface area contributed by atoms with Gasteiger partial charge in [-0.25, -0.2) is 17.9 Å². The van der Waals surface area contributed by atoms with Gasteiger partial charge in [0, 0.05) is 0 Å². The fourth-order valence-corrected chi connectivity index (χ4v) is 4.62. The van der Waals surface area contributed by atoms with E-state index >= 15 is 0 Å². The summed E-state index contributed by atoms with van der Waals surface area (Å²) in [4.78, 5) is 50.2. The highest BCUT2D eigenvalue weighted by Gasteiger charge is 2.45. The second kappa shape index (κ2) is 12.2. The summed E-state index contributed by atoms with van der Waals surface area (Å²) in [7, 11) is -4.27. The fourth-order valence-electron chi connectivity index (χ4n) is 3.69. The molecule has 14 heteroatoms. The summed E-state index contributed by atoms with van der Waals surface area (Å²) in [5.74, 6) is -4.12. The Hall–Kier alpha value is -4.46. The number of alkyl halides is 3. The van der Waals surface area contributed by atoms with Crippen molar-refractivity contribution in [1.82, 2.24) is 14.6 Å². The molecule has 1 aromatic heterocycles. The molecule has 0 aliphatic rings. The Morgan fingerprint density at radius 2 is 1.48 bits per heavy atom. The Kier molecular flexibility index (Phi) is 9.14. The molecular weight excluding hydrogens is 553 g/mol. The number of sulfonamides is 1. The van der Waals surface area contributed by atoms with Crippen LogP contribution in [0.15, 0.2) is 82.5 Å². The molecule has 212 valence electrons. The second-order valence-corrected chi connectivity index (χ2v) is 10.6. The van der Waals surface area contributed by atoms with Crippen molar-refractivity contribution in [3.63, 3.8) is 0 Å². The molecule has 1 unspecified atom stereocenters. The Morgan fingerprint density at radius 1 is 0.900 bits per heavy atom. The lowest BCUT2D eigenvalue weighted by molar-refractivity contribution is -0.174. The summed E-state index contributed by atoms with van der Waals surface area (Å²) in [6.45, 7) is 1.84. The van der Waals surface area contributed by atoms with Gasteiger partial charge in [0.05, 0.1) is 16.6 Å². The van der Waals surface area contributed by atoms with Crippen molar-refractivity contribution in [3.05, 3.63) is 83.2 Å². The van der Waals surface area contributed by atoms with Gasteiger partial charge in [0.1, 0.15) is 12.2 Å². The largest absolute Gasteiger partial charge is 0.452 e. The van der Waals surface area contributed by atoms with Crippen molar-refractivity contribution < 1.29 is 36.0 Å². The number of rotatable bonds is 9. The number of benzene rings is 2. The van der Waals surface area contributed by atoms with Crippen molar-refractivity contribution in [2.75, 3.05) is 5.32 Å². The summed E-state index contributed by atoms with van der Waals surface area (Å²) >= 11 is 0. The van der Waals surface area contributed by atoms with Crippen LogP contribution in [0.2, 0.25) is 0 Å². The quantitative estimate of drug-likeness (QED) is 0.356. The number of amides is 3. The van der Waals surface area contributed by atoms with Crippen LogP contribution in [0.5, 0.6) is 0 Å². The first kappa shape index (κ1) is 30.1. The Balaban J connectivity index is 1.93. The Bertz CT molecular complexity index is 1560. The number of nitrogens with one attached hydrogen (secondary N) is 3. The summed E-state index contributed by atoms with van der Waals surface area (Å²) in [6.07, 6.45) is -5.19. The molecule has 1 heterocycles. The topological polar surface area (TPSA) is 143 Å². The number of urea groups is 1. The highest BCUT2D eigenvalue weighted by molar-refractivity contribution is 7.90. The molecular formula is C26H25F3N4O6S. The number of ketones is 1. The number of carbonyl (C=O) groups is 3. The monoisotopic (exact) mass is 578 g/mol. The van der Waals surface area contributed by atoms with Gasteiger partial charge in [0.2, 0.25) is 5.91 Å². The summed E-state index contributed by atoms with van der Waals surface area (Å²) in [5, 5.41) is 4.17. The normalized spacial score (nSPS) is 12.4. The molecule has 0 aliphatic heterocycles. The number of hydrogen-bond acceptors (Lipinski definition) is 6. The first-order valence-electron chi connectivity index (χ1n) is 11.8. The van der Waals surface area contributed by atoms with Gasteiger partial charge in [-0.1, -0.05) is 62.4 Å². The van der Waals surface area contributed by atoms with Gasteiger partial charge < -0.3 is 10.6 Å². The van der Waals surface area contributed by atoms with Crippen molar-refractivity contribution in [1.29, 1.82) is 0 Å². The van der Waals surface area contributed by atoms with Gasteiger partial charge in [-0.05, 0) is 35.7 Å². The van der Waals surface area contributed by atoms with E-state index in [4.69, 9.17) is 0 Å². The zero-order valence-electron chi connectivity index (χ0n) is 21.2. The number of aromatic nitrogens is 1. The molecule has 3 amide bonds. The van der Waals surface area contributed by atoms with Gasteiger partial charge in [-0.3, -0.25) is 19.0 Å². The lowest BCUT2D eigenvalue weighted by Crippen LogP contribution is -2.51. The minimum atomic E-state index is -5.19. The van der Waals surface area contributed by atoms with Crippen LogP contribution in [0.1, 0.15) is 13.8 Å². The molecule has 0 bridgehead atoms. The average Bonchev–Trinajstić information content (AvgIpc) is 2.89.